The van der Waals surface area contributed by atoms with E-state index < -0.39 is 10.8 Å². The van der Waals surface area contributed by atoms with E-state index in [0.717, 1.165) is 25.7 Å². The smallest absolute Gasteiger partial charge is 0.317 e. The number of rotatable bonds is 3. The molecular formula is C15H28N2O3S. The van der Waals surface area contributed by atoms with E-state index in [1.807, 2.05) is 25.7 Å². The van der Waals surface area contributed by atoms with Crippen molar-refractivity contribution in [2.45, 2.75) is 70.0 Å². The second-order valence-electron chi connectivity index (χ2n) is 6.21. The molecule has 0 aromatic heterocycles. The lowest BCUT2D eigenvalue weighted by Gasteiger charge is -2.38. The fourth-order valence-corrected chi connectivity index (χ4v) is 4.81. The first kappa shape index (κ1) is 16.7. The minimum atomic E-state index is -0.837. The van der Waals surface area contributed by atoms with E-state index in [2.05, 4.69) is 5.32 Å². The Bertz CT molecular complexity index is 381. The van der Waals surface area contributed by atoms with Crippen LogP contribution in [0.3, 0.4) is 0 Å². The van der Waals surface area contributed by atoms with Gasteiger partial charge in [0, 0.05) is 35.7 Å². The number of carbonyl (C=O) groups is 1. The van der Waals surface area contributed by atoms with Crippen LogP contribution in [0, 0.1) is 0 Å². The van der Waals surface area contributed by atoms with Gasteiger partial charge in [-0.05, 0) is 26.7 Å². The van der Waals surface area contributed by atoms with Crippen LogP contribution in [0.5, 0.6) is 0 Å². The number of amides is 2. The fraction of sp³-hybridized carbons (Fsp3) is 0.933. The zero-order valence-corrected chi connectivity index (χ0v) is 14.2. The molecule has 0 aromatic rings. The Morgan fingerprint density at radius 1 is 1.24 bits per heavy atom. The molecule has 2 fully saturated rings. The number of morpholine rings is 1. The fourth-order valence-electron chi connectivity index (χ4n) is 3.38. The second-order valence-corrected chi connectivity index (χ2v) is 8.15. The maximum absolute atomic E-state index is 12.5. The van der Waals surface area contributed by atoms with Gasteiger partial charge in [0.2, 0.25) is 0 Å². The molecule has 2 amide bonds. The molecule has 1 heterocycles. The quantitative estimate of drug-likeness (QED) is 0.865. The van der Waals surface area contributed by atoms with Crippen molar-refractivity contribution in [1.29, 1.82) is 0 Å². The monoisotopic (exact) mass is 316 g/mol. The van der Waals surface area contributed by atoms with Gasteiger partial charge >= 0.3 is 6.03 Å². The van der Waals surface area contributed by atoms with Crippen molar-refractivity contribution < 1.29 is 13.7 Å². The molecule has 0 spiro atoms. The van der Waals surface area contributed by atoms with Gasteiger partial charge in [-0.3, -0.25) is 4.21 Å². The summed E-state index contributed by atoms with van der Waals surface area (Å²) in [6, 6.07) is 0.0301. The SMILES string of the molecule is CC[S@@](=O)[C@@H]1CCCC[C@@H]1NC(=O)N1C[C@@H](C)O[C@@H](C)C1. The van der Waals surface area contributed by atoms with Crippen molar-refractivity contribution in [2.24, 2.45) is 0 Å². The van der Waals surface area contributed by atoms with Gasteiger partial charge in [0.15, 0.2) is 0 Å². The normalized spacial score (nSPS) is 35.3. The first-order valence-corrected chi connectivity index (χ1v) is 9.47. The summed E-state index contributed by atoms with van der Waals surface area (Å²) >= 11 is 0. The van der Waals surface area contributed by atoms with E-state index in [1.54, 1.807) is 0 Å². The average molecular weight is 316 g/mol. The molecule has 2 aliphatic rings. The van der Waals surface area contributed by atoms with E-state index in [9.17, 15) is 9.00 Å². The van der Waals surface area contributed by atoms with Crippen molar-refractivity contribution in [3.8, 4) is 0 Å². The van der Waals surface area contributed by atoms with E-state index in [4.69, 9.17) is 4.74 Å². The Morgan fingerprint density at radius 3 is 2.48 bits per heavy atom. The van der Waals surface area contributed by atoms with Crippen LogP contribution in [-0.2, 0) is 15.5 Å². The highest BCUT2D eigenvalue weighted by molar-refractivity contribution is 7.85. The molecule has 5 atom stereocenters. The summed E-state index contributed by atoms with van der Waals surface area (Å²) in [4.78, 5) is 14.3. The Labute approximate surface area is 130 Å². The second kappa shape index (κ2) is 7.58. The van der Waals surface area contributed by atoms with E-state index >= 15 is 0 Å². The van der Waals surface area contributed by atoms with Gasteiger partial charge in [-0.1, -0.05) is 19.8 Å². The minimum Gasteiger partial charge on any atom is -0.372 e. The molecule has 0 bridgehead atoms. The Kier molecular flexibility index (Phi) is 6.05. The number of nitrogens with zero attached hydrogens (tertiary/aromatic N) is 1. The molecule has 5 nitrogen and oxygen atoms in total. The maximum Gasteiger partial charge on any atom is 0.317 e. The summed E-state index contributed by atoms with van der Waals surface area (Å²) < 4.78 is 17.8. The topological polar surface area (TPSA) is 58.6 Å². The van der Waals surface area contributed by atoms with Gasteiger partial charge in [-0.2, -0.15) is 0 Å². The highest BCUT2D eigenvalue weighted by Crippen LogP contribution is 2.23. The molecule has 1 N–H and O–H groups in total. The molecular weight excluding hydrogens is 288 g/mol. The lowest BCUT2D eigenvalue weighted by atomic mass is 9.95. The van der Waals surface area contributed by atoms with Crippen LogP contribution >= 0.6 is 0 Å². The van der Waals surface area contributed by atoms with Crippen molar-refractivity contribution >= 4 is 16.8 Å². The summed E-state index contributed by atoms with van der Waals surface area (Å²) in [5, 5.41) is 3.25. The third kappa shape index (κ3) is 4.42. The standard InChI is InChI=1S/C15H28N2O3S/c1-4-21(19)14-8-6-5-7-13(14)16-15(18)17-9-11(2)20-12(3)10-17/h11-14H,4-10H2,1-3H3,(H,16,18)/t11-,12+,13-,14+,21+/m0/s1. The Hall–Kier alpha value is -0.620. The predicted molar refractivity (Wildman–Crippen MR) is 84.8 cm³/mol. The molecule has 1 saturated heterocycles. The van der Waals surface area contributed by atoms with Gasteiger partial charge in [0.05, 0.1) is 17.5 Å². The van der Waals surface area contributed by atoms with Crippen LogP contribution < -0.4 is 5.32 Å². The highest BCUT2D eigenvalue weighted by atomic mass is 32.2. The number of urea groups is 1. The molecule has 0 radical (unpaired) electrons. The predicted octanol–water partition coefficient (Wildman–Crippen LogP) is 1.89. The summed E-state index contributed by atoms with van der Waals surface area (Å²) in [6.45, 7) is 7.20. The molecule has 122 valence electrons. The molecule has 1 saturated carbocycles. The van der Waals surface area contributed by atoms with E-state index in [1.165, 1.54) is 0 Å². The summed E-state index contributed by atoms with van der Waals surface area (Å²) in [5.74, 6) is 0.669. The van der Waals surface area contributed by atoms with Gasteiger partial charge in [0.1, 0.15) is 0 Å². The number of hydrogen-bond donors (Lipinski definition) is 1. The molecule has 1 aliphatic heterocycles. The number of nitrogens with one attached hydrogen (secondary N) is 1. The largest absolute Gasteiger partial charge is 0.372 e. The molecule has 0 unspecified atom stereocenters. The summed E-state index contributed by atoms with van der Waals surface area (Å²) in [7, 11) is -0.837. The lowest BCUT2D eigenvalue weighted by Crippen LogP contribution is -2.56. The molecule has 6 heteroatoms. The third-order valence-electron chi connectivity index (χ3n) is 4.34. The van der Waals surface area contributed by atoms with Crippen molar-refractivity contribution in [3.63, 3.8) is 0 Å². The molecule has 2 rings (SSSR count). The zero-order valence-electron chi connectivity index (χ0n) is 13.3. The van der Waals surface area contributed by atoms with Crippen LogP contribution in [0.25, 0.3) is 0 Å². The number of carbonyl (C=O) groups excluding carboxylic acids is 1. The highest BCUT2D eigenvalue weighted by Gasteiger charge is 2.33. The number of ether oxygens (including phenoxy) is 1. The van der Waals surface area contributed by atoms with E-state index in [-0.39, 0.29) is 29.5 Å². The van der Waals surface area contributed by atoms with Crippen molar-refractivity contribution in [3.05, 3.63) is 0 Å². The van der Waals surface area contributed by atoms with Gasteiger partial charge < -0.3 is 15.0 Å². The molecule has 21 heavy (non-hydrogen) atoms. The third-order valence-corrected chi connectivity index (χ3v) is 6.15. The van der Waals surface area contributed by atoms with E-state index in [0.29, 0.717) is 18.8 Å². The summed E-state index contributed by atoms with van der Waals surface area (Å²) in [5.41, 5.74) is 0. The number of hydrogen-bond acceptors (Lipinski definition) is 3. The van der Waals surface area contributed by atoms with Gasteiger partial charge in [0.25, 0.3) is 0 Å². The molecule has 1 aliphatic carbocycles. The van der Waals surface area contributed by atoms with Crippen LogP contribution in [-0.4, -0.2) is 57.5 Å². The Morgan fingerprint density at radius 2 is 1.86 bits per heavy atom. The average Bonchev–Trinajstić information content (AvgIpc) is 2.46. The lowest BCUT2D eigenvalue weighted by molar-refractivity contribution is -0.0548. The van der Waals surface area contributed by atoms with Gasteiger partial charge in [-0.15, -0.1) is 0 Å². The van der Waals surface area contributed by atoms with Gasteiger partial charge in [-0.25, -0.2) is 4.79 Å². The Balaban J connectivity index is 1.95. The van der Waals surface area contributed by atoms with Crippen molar-refractivity contribution in [1.82, 2.24) is 10.2 Å². The van der Waals surface area contributed by atoms with Crippen molar-refractivity contribution in [2.75, 3.05) is 18.8 Å². The van der Waals surface area contributed by atoms with Crippen LogP contribution in [0.15, 0.2) is 0 Å². The first-order chi connectivity index (χ1) is 10.0. The first-order valence-electron chi connectivity index (χ1n) is 8.09. The van der Waals surface area contributed by atoms with Crippen LogP contribution in [0.2, 0.25) is 0 Å². The maximum atomic E-state index is 12.5. The summed E-state index contributed by atoms with van der Waals surface area (Å²) in [6.07, 6.45) is 4.28. The zero-order chi connectivity index (χ0) is 15.4. The minimum absolute atomic E-state index is 0.0259. The van der Waals surface area contributed by atoms with Crippen LogP contribution in [0.1, 0.15) is 46.5 Å². The molecule has 0 aromatic carbocycles. The van der Waals surface area contributed by atoms with Crippen LogP contribution in [0.4, 0.5) is 4.79 Å².